The minimum atomic E-state index is -3.22. The van der Waals surface area contributed by atoms with Crippen LogP contribution in [0.15, 0.2) is 21.9 Å². The smallest absolute Gasteiger partial charge is 0.329 e. The van der Waals surface area contributed by atoms with Crippen molar-refractivity contribution >= 4 is 9.84 Å². The third kappa shape index (κ3) is 3.77. The number of nitrogens with two attached hydrogens (primary N) is 1. The molecular weight excluding hydrogens is 270 g/mol. The van der Waals surface area contributed by atoms with Crippen molar-refractivity contribution in [2.75, 3.05) is 12.3 Å². The van der Waals surface area contributed by atoms with Gasteiger partial charge >= 0.3 is 5.69 Å². The van der Waals surface area contributed by atoms with E-state index < -0.39 is 26.3 Å². The molecule has 1 rings (SSSR count). The number of rotatable bonds is 6. The van der Waals surface area contributed by atoms with Crippen molar-refractivity contribution < 1.29 is 8.42 Å². The predicted octanol–water partition coefficient (Wildman–Crippen LogP) is -1.21. The fraction of sp³-hybridized carbons (Fsp3) is 0.636. The standard InChI is InChI=1S/C11H19N3O4S/c1-9(2)19(17,18)8-7-13-5-3-10(15)14(6-4-12)11(13)16/h3,5,9H,4,6-8,12H2,1-2H3. The van der Waals surface area contributed by atoms with Crippen LogP contribution in [0.2, 0.25) is 0 Å². The first-order valence-electron chi connectivity index (χ1n) is 6.01. The van der Waals surface area contributed by atoms with Gasteiger partial charge in [0.2, 0.25) is 0 Å². The highest BCUT2D eigenvalue weighted by Gasteiger charge is 2.16. The lowest BCUT2D eigenvalue weighted by Gasteiger charge is -2.11. The van der Waals surface area contributed by atoms with Gasteiger partial charge < -0.3 is 5.73 Å². The van der Waals surface area contributed by atoms with Crippen molar-refractivity contribution in [1.82, 2.24) is 9.13 Å². The van der Waals surface area contributed by atoms with Crippen LogP contribution < -0.4 is 17.0 Å². The van der Waals surface area contributed by atoms with E-state index in [0.717, 1.165) is 4.57 Å². The lowest BCUT2D eigenvalue weighted by atomic mass is 10.5. The Morgan fingerprint density at radius 3 is 2.42 bits per heavy atom. The topological polar surface area (TPSA) is 104 Å². The minimum Gasteiger partial charge on any atom is -0.329 e. The molecule has 0 aliphatic rings. The molecule has 0 unspecified atom stereocenters. The maximum Gasteiger partial charge on any atom is 0.331 e. The largest absolute Gasteiger partial charge is 0.331 e. The van der Waals surface area contributed by atoms with E-state index in [-0.39, 0.29) is 25.4 Å². The highest BCUT2D eigenvalue weighted by Crippen LogP contribution is 2.00. The summed E-state index contributed by atoms with van der Waals surface area (Å²) in [5.41, 5.74) is 4.36. The quantitative estimate of drug-likeness (QED) is 0.707. The van der Waals surface area contributed by atoms with E-state index in [0.29, 0.717) is 0 Å². The molecule has 0 saturated heterocycles. The molecule has 1 aromatic rings. The van der Waals surface area contributed by atoms with Gasteiger partial charge in [0.1, 0.15) is 0 Å². The van der Waals surface area contributed by atoms with Gasteiger partial charge in [-0.25, -0.2) is 13.2 Å². The van der Waals surface area contributed by atoms with Crippen LogP contribution >= 0.6 is 0 Å². The first-order chi connectivity index (χ1) is 8.79. The second-order valence-corrected chi connectivity index (χ2v) is 7.16. The summed E-state index contributed by atoms with van der Waals surface area (Å²) < 4.78 is 25.6. The Balaban J connectivity index is 3.02. The molecular formula is C11H19N3O4S. The van der Waals surface area contributed by atoms with Crippen LogP contribution in [-0.4, -0.2) is 35.1 Å². The molecule has 0 spiro atoms. The maximum atomic E-state index is 11.9. The molecule has 0 saturated carbocycles. The molecule has 0 aliphatic heterocycles. The molecule has 8 heteroatoms. The second-order valence-electron chi connectivity index (χ2n) is 4.49. The molecule has 0 radical (unpaired) electrons. The molecule has 0 fully saturated rings. The fourth-order valence-electron chi connectivity index (χ4n) is 1.52. The van der Waals surface area contributed by atoms with E-state index in [9.17, 15) is 18.0 Å². The Hall–Kier alpha value is -1.41. The lowest BCUT2D eigenvalue weighted by molar-refractivity contribution is 0.555. The summed E-state index contributed by atoms with van der Waals surface area (Å²) in [6.07, 6.45) is 1.31. The predicted molar refractivity (Wildman–Crippen MR) is 72.9 cm³/mol. The van der Waals surface area contributed by atoms with Crippen LogP contribution in [0, 0.1) is 0 Å². The van der Waals surface area contributed by atoms with Crippen LogP contribution in [-0.2, 0) is 22.9 Å². The van der Waals surface area contributed by atoms with Gasteiger partial charge in [-0.15, -0.1) is 0 Å². The van der Waals surface area contributed by atoms with Crippen molar-refractivity contribution in [3.63, 3.8) is 0 Å². The SMILES string of the molecule is CC(C)S(=O)(=O)CCn1ccc(=O)n(CCN)c1=O. The minimum absolute atomic E-state index is 0.0319. The third-order valence-electron chi connectivity index (χ3n) is 2.83. The van der Waals surface area contributed by atoms with Gasteiger partial charge in [0.25, 0.3) is 5.56 Å². The van der Waals surface area contributed by atoms with E-state index in [1.54, 1.807) is 13.8 Å². The average molecular weight is 289 g/mol. The van der Waals surface area contributed by atoms with Crippen molar-refractivity contribution in [1.29, 1.82) is 0 Å². The van der Waals surface area contributed by atoms with Gasteiger partial charge in [0, 0.05) is 31.9 Å². The zero-order valence-corrected chi connectivity index (χ0v) is 11.9. The molecule has 19 heavy (non-hydrogen) atoms. The number of nitrogens with zero attached hydrogens (tertiary/aromatic N) is 2. The van der Waals surface area contributed by atoms with Gasteiger partial charge in [-0.05, 0) is 13.8 Å². The molecule has 0 amide bonds. The number of sulfone groups is 1. The molecule has 1 heterocycles. The summed E-state index contributed by atoms with van der Waals surface area (Å²) in [5, 5.41) is -0.488. The van der Waals surface area contributed by atoms with Crippen LogP contribution in [0.4, 0.5) is 0 Å². The first-order valence-corrected chi connectivity index (χ1v) is 7.73. The van der Waals surface area contributed by atoms with Crippen molar-refractivity contribution in [3.05, 3.63) is 33.1 Å². The van der Waals surface area contributed by atoms with Crippen LogP contribution in [0.1, 0.15) is 13.8 Å². The third-order valence-corrected chi connectivity index (χ3v) is 5.02. The molecule has 2 N–H and O–H groups in total. The molecule has 7 nitrogen and oxygen atoms in total. The molecule has 0 bridgehead atoms. The number of aryl methyl sites for hydroxylation is 1. The van der Waals surface area contributed by atoms with Gasteiger partial charge in [-0.1, -0.05) is 0 Å². The molecule has 0 atom stereocenters. The van der Waals surface area contributed by atoms with Crippen LogP contribution in [0.5, 0.6) is 0 Å². The summed E-state index contributed by atoms with van der Waals surface area (Å²) in [6, 6.07) is 1.24. The van der Waals surface area contributed by atoms with E-state index in [1.807, 2.05) is 0 Å². The average Bonchev–Trinajstić information content (AvgIpc) is 2.33. The highest BCUT2D eigenvalue weighted by atomic mass is 32.2. The van der Waals surface area contributed by atoms with E-state index in [2.05, 4.69) is 0 Å². The normalized spacial score (nSPS) is 12.0. The highest BCUT2D eigenvalue weighted by molar-refractivity contribution is 7.91. The Kier molecular flexibility index (Phi) is 5.07. The van der Waals surface area contributed by atoms with E-state index in [1.165, 1.54) is 16.8 Å². The summed E-state index contributed by atoms with van der Waals surface area (Å²) in [6.45, 7) is 3.50. The lowest BCUT2D eigenvalue weighted by Crippen LogP contribution is -2.41. The summed E-state index contributed by atoms with van der Waals surface area (Å²) in [7, 11) is -3.22. The second kappa shape index (κ2) is 6.16. The molecule has 0 aromatic carbocycles. The zero-order chi connectivity index (χ0) is 14.6. The fourth-order valence-corrected chi connectivity index (χ4v) is 2.45. The van der Waals surface area contributed by atoms with Gasteiger partial charge in [0.15, 0.2) is 9.84 Å². The molecule has 1 aromatic heterocycles. The van der Waals surface area contributed by atoms with Crippen molar-refractivity contribution in [2.45, 2.75) is 32.2 Å². The first kappa shape index (κ1) is 15.6. The number of aromatic nitrogens is 2. The van der Waals surface area contributed by atoms with Gasteiger partial charge in [-0.3, -0.25) is 13.9 Å². The molecule has 108 valence electrons. The maximum absolute atomic E-state index is 11.9. The molecule has 0 aliphatic carbocycles. The van der Waals surface area contributed by atoms with Gasteiger partial charge in [0.05, 0.1) is 11.0 Å². The Bertz CT molecular complexity index is 643. The van der Waals surface area contributed by atoms with Gasteiger partial charge in [-0.2, -0.15) is 0 Å². The summed E-state index contributed by atoms with van der Waals surface area (Å²) in [5.74, 6) is -0.134. The monoisotopic (exact) mass is 289 g/mol. The summed E-state index contributed by atoms with van der Waals surface area (Å²) in [4.78, 5) is 23.4. The van der Waals surface area contributed by atoms with Crippen LogP contribution in [0.3, 0.4) is 0 Å². The number of hydrogen-bond donors (Lipinski definition) is 1. The van der Waals surface area contributed by atoms with Crippen molar-refractivity contribution in [2.24, 2.45) is 5.73 Å². The van der Waals surface area contributed by atoms with E-state index >= 15 is 0 Å². The Morgan fingerprint density at radius 1 is 1.26 bits per heavy atom. The number of hydrogen-bond acceptors (Lipinski definition) is 5. The van der Waals surface area contributed by atoms with Crippen molar-refractivity contribution in [3.8, 4) is 0 Å². The Labute approximate surface area is 111 Å². The zero-order valence-electron chi connectivity index (χ0n) is 11.1. The van der Waals surface area contributed by atoms with E-state index in [4.69, 9.17) is 5.73 Å². The van der Waals surface area contributed by atoms with Crippen LogP contribution in [0.25, 0.3) is 0 Å². The Morgan fingerprint density at radius 2 is 1.89 bits per heavy atom. The summed E-state index contributed by atoms with van der Waals surface area (Å²) >= 11 is 0.